The van der Waals surface area contributed by atoms with Crippen LogP contribution in [0.3, 0.4) is 0 Å². The number of nitrogens with zero attached hydrogens (tertiary/aromatic N) is 3. The van der Waals surface area contributed by atoms with Crippen LogP contribution >= 0.6 is 0 Å². The molecule has 0 spiro atoms. The van der Waals surface area contributed by atoms with Crippen LogP contribution in [0.5, 0.6) is 5.75 Å². The van der Waals surface area contributed by atoms with Gasteiger partial charge >= 0.3 is 0 Å². The van der Waals surface area contributed by atoms with Gasteiger partial charge in [-0.15, -0.1) is 6.58 Å². The largest absolute Gasteiger partial charge is 0.496 e. The molecule has 5 heteroatoms. The van der Waals surface area contributed by atoms with E-state index in [1.165, 1.54) is 11.3 Å². The van der Waals surface area contributed by atoms with Gasteiger partial charge in [0.05, 0.1) is 25.5 Å². The number of hydrogen-bond donors (Lipinski definition) is 1. The van der Waals surface area contributed by atoms with Gasteiger partial charge in [-0.1, -0.05) is 24.3 Å². The Labute approximate surface area is 149 Å². The van der Waals surface area contributed by atoms with Gasteiger partial charge in [0.1, 0.15) is 5.75 Å². The van der Waals surface area contributed by atoms with Crippen LogP contribution in [0.4, 0.5) is 0 Å². The van der Waals surface area contributed by atoms with E-state index in [4.69, 9.17) is 4.74 Å². The molecule has 0 bridgehead atoms. The fourth-order valence-corrected chi connectivity index (χ4v) is 3.57. The molecule has 0 aliphatic carbocycles. The second-order valence-corrected chi connectivity index (χ2v) is 6.73. The lowest BCUT2D eigenvalue weighted by Gasteiger charge is -2.39. The van der Waals surface area contributed by atoms with Crippen molar-refractivity contribution < 1.29 is 9.84 Å². The third-order valence-corrected chi connectivity index (χ3v) is 5.19. The molecule has 0 amide bonds. The van der Waals surface area contributed by atoms with E-state index in [9.17, 15) is 5.11 Å². The van der Waals surface area contributed by atoms with Crippen molar-refractivity contribution in [3.8, 4) is 5.75 Å². The molecule has 0 radical (unpaired) electrons. The zero-order chi connectivity index (χ0) is 17.9. The van der Waals surface area contributed by atoms with Crippen LogP contribution in [0.1, 0.15) is 29.7 Å². The van der Waals surface area contributed by atoms with E-state index in [-0.39, 0.29) is 0 Å². The third-order valence-electron chi connectivity index (χ3n) is 5.19. The van der Waals surface area contributed by atoms with Crippen LogP contribution in [-0.2, 0) is 18.7 Å². The normalized spacial score (nSPS) is 17.4. The average molecular weight is 341 g/mol. The highest BCUT2D eigenvalue weighted by Gasteiger charge is 2.36. The standard InChI is InChI=1S/C20H27N3O2/c1-4-11-23-16(2)17(14-21-23)15-22-12-9-20(24,10-13-22)18-7-5-6-8-19(18)25-3/h4-8,14,24H,1,9-13,15H2,2-3H3. The van der Waals surface area contributed by atoms with Crippen molar-refractivity contribution in [3.63, 3.8) is 0 Å². The Hall–Kier alpha value is -2.11. The molecule has 2 heterocycles. The first-order valence-electron chi connectivity index (χ1n) is 8.78. The summed E-state index contributed by atoms with van der Waals surface area (Å²) in [7, 11) is 1.65. The van der Waals surface area contributed by atoms with Gasteiger partial charge in [0.2, 0.25) is 0 Å². The molecule has 0 atom stereocenters. The molecule has 0 unspecified atom stereocenters. The van der Waals surface area contributed by atoms with Crippen LogP contribution in [0.15, 0.2) is 43.1 Å². The highest BCUT2D eigenvalue weighted by atomic mass is 16.5. The molecule has 1 aromatic carbocycles. The molecular formula is C20H27N3O2. The molecule has 1 aliphatic rings. The maximum Gasteiger partial charge on any atom is 0.124 e. The Morgan fingerprint density at radius 2 is 2.04 bits per heavy atom. The van der Waals surface area contributed by atoms with E-state index in [1.807, 2.05) is 41.2 Å². The molecule has 0 saturated carbocycles. The molecule has 5 nitrogen and oxygen atoms in total. The lowest BCUT2D eigenvalue weighted by atomic mass is 9.84. The third kappa shape index (κ3) is 3.62. The molecule has 1 N–H and O–H groups in total. The van der Waals surface area contributed by atoms with Gasteiger partial charge in [0.25, 0.3) is 0 Å². The minimum absolute atomic E-state index is 0.702. The van der Waals surface area contributed by atoms with Gasteiger partial charge in [-0.25, -0.2) is 0 Å². The van der Waals surface area contributed by atoms with Crippen molar-refractivity contribution >= 4 is 0 Å². The average Bonchev–Trinajstić information content (AvgIpc) is 2.97. The first-order valence-corrected chi connectivity index (χ1v) is 8.78. The van der Waals surface area contributed by atoms with Crippen molar-refractivity contribution in [2.45, 2.75) is 38.5 Å². The molecule has 3 rings (SSSR count). The number of methoxy groups -OCH3 is 1. The summed E-state index contributed by atoms with van der Waals surface area (Å²) in [5, 5.41) is 15.6. The number of likely N-dealkylation sites (tertiary alicyclic amines) is 1. The van der Waals surface area contributed by atoms with Crippen LogP contribution in [0, 0.1) is 6.92 Å². The van der Waals surface area contributed by atoms with Gasteiger partial charge in [0.15, 0.2) is 0 Å². The summed E-state index contributed by atoms with van der Waals surface area (Å²) in [4.78, 5) is 2.38. The summed E-state index contributed by atoms with van der Waals surface area (Å²) in [5.41, 5.74) is 2.51. The number of hydrogen-bond acceptors (Lipinski definition) is 4. The first kappa shape index (κ1) is 17.7. The fraction of sp³-hybridized carbons (Fsp3) is 0.450. The monoisotopic (exact) mass is 341 g/mol. The van der Waals surface area contributed by atoms with E-state index in [2.05, 4.69) is 23.5 Å². The minimum atomic E-state index is -0.814. The number of ether oxygens (including phenoxy) is 1. The predicted octanol–water partition coefficient (Wildman–Crippen LogP) is 2.87. The molecule has 1 aliphatic heterocycles. The van der Waals surface area contributed by atoms with E-state index in [1.54, 1.807) is 7.11 Å². The maximum absolute atomic E-state index is 11.1. The van der Waals surface area contributed by atoms with Gasteiger partial charge in [-0.3, -0.25) is 9.58 Å². The van der Waals surface area contributed by atoms with Gasteiger partial charge < -0.3 is 9.84 Å². The number of aromatic nitrogens is 2. The number of piperidine rings is 1. The molecule has 1 fully saturated rings. The number of allylic oxidation sites excluding steroid dienone is 1. The predicted molar refractivity (Wildman–Crippen MR) is 98.6 cm³/mol. The van der Waals surface area contributed by atoms with Crippen LogP contribution in [0.25, 0.3) is 0 Å². The van der Waals surface area contributed by atoms with Crippen molar-refractivity contribution in [1.82, 2.24) is 14.7 Å². The first-order chi connectivity index (χ1) is 12.1. The molecule has 1 saturated heterocycles. The fourth-order valence-electron chi connectivity index (χ4n) is 3.57. The number of aliphatic hydroxyl groups is 1. The van der Waals surface area contributed by atoms with Crippen LogP contribution in [-0.4, -0.2) is 40.0 Å². The lowest BCUT2D eigenvalue weighted by molar-refractivity contribution is -0.0292. The summed E-state index contributed by atoms with van der Waals surface area (Å²) >= 11 is 0. The quantitative estimate of drug-likeness (QED) is 0.821. The molecule has 25 heavy (non-hydrogen) atoms. The topological polar surface area (TPSA) is 50.5 Å². The van der Waals surface area contributed by atoms with Gasteiger partial charge in [0, 0.05) is 36.5 Å². The Balaban J connectivity index is 1.66. The Kier molecular flexibility index (Phi) is 5.25. The highest BCUT2D eigenvalue weighted by molar-refractivity contribution is 5.38. The van der Waals surface area contributed by atoms with Crippen molar-refractivity contribution in [2.75, 3.05) is 20.2 Å². The molecular weight excluding hydrogens is 314 g/mol. The zero-order valence-electron chi connectivity index (χ0n) is 15.1. The van der Waals surface area contributed by atoms with E-state index < -0.39 is 5.60 Å². The molecule has 134 valence electrons. The summed E-state index contributed by atoms with van der Waals surface area (Å²) in [6.07, 6.45) is 5.21. The second kappa shape index (κ2) is 7.42. The summed E-state index contributed by atoms with van der Waals surface area (Å²) in [6.45, 7) is 9.17. The number of para-hydroxylation sites is 1. The summed E-state index contributed by atoms with van der Waals surface area (Å²) in [6, 6.07) is 7.78. The lowest BCUT2D eigenvalue weighted by Crippen LogP contribution is -2.42. The van der Waals surface area contributed by atoms with Crippen molar-refractivity contribution in [3.05, 3.63) is 59.9 Å². The smallest absolute Gasteiger partial charge is 0.124 e. The van der Waals surface area contributed by atoms with E-state index in [0.717, 1.165) is 37.5 Å². The second-order valence-electron chi connectivity index (χ2n) is 6.73. The van der Waals surface area contributed by atoms with Crippen molar-refractivity contribution in [2.24, 2.45) is 0 Å². The summed E-state index contributed by atoms with van der Waals surface area (Å²) < 4.78 is 7.40. The van der Waals surface area contributed by atoms with E-state index >= 15 is 0 Å². The van der Waals surface area contributed by atoms with Gasteiger partial charge in [-0.05, 0) is 25.8 Å². The minimum Gasteiger partial charge on any atom is -0.496 e. The van der Waals surface area contributed by atoms with Crippen LogP contribution < -0.4 is 4.74 Å². The number of benzene rings is 1. The molecule has 1 aromatic heterocycles. The highest BCUT2D eigenvalue weighted by Crippen LogP contribution is 2.38. The van der Waals surface area contributed by atoms with Crippen LogP contribution in [0.2, 0.25) is 0 Å². The van der Waals surface area contributed by atoms with Gasteiger partial charge in [-0.2, -0.15) is 5.10 Å². The zero-order valence-corrected chi connectivity index (χ0v) is 15.1. The Morgan fingerprint density at radius 3 is 2.72 bits per heavy atom. The number of rotatable bonds is 6. The molecule has 2 aromatic rings. The Morgan fingerprint density at radius 1 is 1.32 bits per heavy atom. The Bertz CT molecular complexity index is 730. The van der Waals surface area contributed by atoms with Crippen molar-refractivity contribution in [1.29, 1.82) is 0 Å². The maximum atomic E-state index is 11.1. The SMILES string of the molecule is C=CCn1ncc(CN2CCC(O)(c3ccccc3OC)CC2)c1C. The van der Waals surface area contributed by atoms with E-state index in [0.29, 0.717) is 12.8 Å². The summed E-state index contributed by atoms with van der Waals surface area (Å²) in [5.74, 6) is 0.764.